The van der Waals surface area contributed by atoms with Crippen molar-refractivity contribution in [2.75, 3.05) is 0 Å². The first-order chi connectivity index (χ1) is 13.0. The van der Waals surface area contributed by atoms with Crippen molar-refractivity contribution in [1.82, 2.24) is 0 Å². The summed E-state index contributed by atoms with van der Waals surface area (Å²) in [6, 6.07) is 13.5. The normalized spacial score (nSPS) is 16.3. The Morgan fingerprint density at radius 1 is 1.07 bits per heavy atom. The van der Waals surface area contributed by atoms with Gasteiger partial charge in [0, 0.05) is 11.1 Å². The third-order valence-electron chi connectivity index (χ3n) is 4.67. The van der Waals surface area contributed by atoms with Gasteiger partial charge in [-0.3, -0.25) is 0 Å². The molecule has 1 aromatic heterocycles. The summed E-state index contributed by atoms with van der Waals surface area (Å²) in [7, 11) is -2.96. The highest BCUT2D eigenvalue weighted by atomic mass is 32.2. The number of carboxylic acid groups (broad SMARTS) is 1. The summed E-state index contributed by atoms with van der Waals surface area (Å²) in [5.74, 6) is -0.459. The summed E-state index contributed by atoms with van der Waals surface area (Å²) in [5.41, 5.74) is 1.87. The van der Waals surface area contributed by atoms with Crippen LogP contribution in [-0.4, -0.2) is 19.5 Å². The van der Waals surface area contributed by atoms with Crippen LogP contribution in [0.1, 0.15) is 45.5 Å². The fourth-order valence-electron chi connectivity index (χ4n) is 3.52. The zero-order chi connectivity index (χ0) is 19.1. The van der Waals surface area contributed by atoms with Gasteiger partial charge in [-0.25, -0.2) is 13.2 Å². The van der Waals surface area contributed by atoms with Crippen molar-refractivity contribution in [3.05, 3.63) is 77.2 Å². The molecule has 7 heteroatoms. The molecule has 0 bridgehead atoms. The molecule has 1 aliphatic heterocycles. The van der Waals surface area contributed by atoms with E-state index in [0.717, 1.165) is 5.56 Å². The number of fused-ring (bicyclic) bond motifs is 3. The summed E-state index contributed by atoms with van der Waals surface area (Å²) in [4.78, 5) is 12.1. The zero-order valence-corrected chi connectivity index (χ0v) is 15.2. The molecule has 4 rings (SSSR count). The lowest BCUT2D eigenvalue weighted by molar-refractivity contribution is 0.0687. The lowest BCUT2D eigenvalue weighted by Gasteiger charge is -2.26. The molecule has 2 unspecified atom stereocenters. The van der Waals surface area contributed by atoms with Gasteiger partial charge in [-0.15, -0.1) is 0 Å². The lowest BCUT2D eigenvalue weighted by Crippen LogP contribution is -2.17. The van der Waals surface area contributed by atoms with E-state index in [-0.39, 0.29) is 16.9 Å². The van der Waals surface area contributed by atoms with Crippen LogP contribution in [0.4, 0.5) is 0 Å². The van der Waals surface area contributed by atoms with E-state index in [1.54, 1.807) is 55.5 Å². The van der Waals surface area contributed by atoms with Gasteiger partial charge in [-0.2, -0.15) is 0 Å². The van der Waals surface area contributed by atoms with Crippen LogP contribution in [0.15, 0.2) is 59.2 Å². The molecule has 0 saturated carbocycles. The lowest BCUT2D eigenvalue weighted by atomic mass is 9.91. The van der Waals surface area contributed by atoms with Crippen molar-refractivity contribution in [1.29, 1.82) is 0 Å². The number of furan rings is 1. The second-order valence-corrected chi connectivity index (χ2v) is 7.36. The van der Waals surface area contributed by atoms with Gasteiger partial charge in [0.25, 0.3) is 0 Å². The molecule has 1 aliphatic rings. The van der Waals surface area contributed by atoms with E-state index < -0.39 is 28.0 Å². The Labute approximate surface area is 157 Å². The van der Waals surface area contributed by atoms with Gasteiger partial charge in [-0.1, -0.05) is 42.5 Å². The van der Waals surface area contributed by atoms with Crippen LogP contribution in [0.5, 0.6) is 5.75 Å². The predicted molar refractivity (Wildman–Crippen MR) is 98.7 cm³/mol. The van der Waals surface area contributed by atoms with Gasteiger partial charge >= 0.3 is 5.97 Å². The average Bonchev–Trinajstić information content (AvgIpc) is 3.12. The Bertz CT molecular complexity index is 1090. The van der Waals surface area contributed by atoms with Gasteiger partial charge in [0.2, 0.25) is 0 Å². The molecular weight excluding hydrogens is 368 g/mol. The van der Waals surface area contributed by atoms with E-state index in [4.69, 9.17) is 9.15 Å². The standard InChI is InChI=1S/C20H16O6S/c1-11-17-14(9-10-25-17)13-7-8-15(16(20(21)22)18(13)26-11)19(27(23)24)12-5-3-2-4-6-12/h2-11,19,27H,1H3,(H,21,22). The number of hydrogen-bond donors (Lipinski definition) is 2. The van der Waals surface area contributed by atoms with E-state index >= 15 is 0 Å². The molecule has 0 amide bonds. The van der Waals surface area contributed by atoms with Gasteiger partial charge in [-0.05, 0) is 24.1 Å². The van der Waals surface area contributed by atoms with Gasteiger partial charge in [0.05, 0.1) is 6.26 Å². The molecule has 3 aromatic rings. The summed E-state index contributed by atoms with van der Waals surface area (Å²) in [6.07, 6.45) is 1.04. The Hall–Kier alpha value is -3.06. The van der Waals surface area contributed by atoms with Crippen molar-refractivity contribution in [3.8, 4) is 16.9 Å². The second-order valence-electron chi connectivity index (χ2n) is 6.27. The quantitative estimate of drug-likeness (QED) is 0.665. The molecule has 138 valence electrons. The number of carbonyl (C=O) groups is 1. The molecular formula is C20H16O6S. The van der Waals surface area contributed by atoms with Gasteiger partial charge in [0.15, 0.2) is 22.6 Å². The molecule has 6 nitrogen and oxygen atoms in total. The van der Waals surface area contributed by atoms with Crippen LogP contribution in [0, 0.1) is 0 Å². The minimum absolute atomic E-state index is 0.140. The number of hydrogen-bond acceptors (Lipinski definition) is 5. The van der Waals surface area contributed by atoms with Gasteiger partial charge < -0.3 is 14.3 Å². The maximum atomic E-state index is 12.1. The summed E-state index contributed by atoms with van der Waals surface area (Å²) < 4.78 is 35.4. The number of ether oxygens (including phenoxy) is 1. The molecule has 2 heterocycles. The summed E-state index contributed by atoms with van der Waals surface area (Å²) >= 11 is 0. The monoisotopic (exact) mass is 384 g/mol. The first kappa shape index (κ1) is 17.4. The highest BCUT2D eigenvalue weighted by Gasteiger charge is 2.34. The molecule has 2 aromatic carbocycles. The first-order valence-electron chi connectivity index (χ1n) is 8.32. The van der Waals surface area contributed by atoms with Crippen molar-refractivity contribution >= 4 is 16.7 Å². The van der Waals surface area contributed by atoms with Crippen molar-refractivity contribution in [3.63, 3.8) is 0 Å². The molecule has 0 saturated heterocycles. The number of rotatable bonds is 4. The van der Waals surface area contributed by atoms with E-state index in [1.807, 2.05) is 0 Å². The van der Waals surface area contributed by atoms with Crippen molar-refractivity contribution < 1.29 is 27.5 Å². The number of carboxylic acids is 1. The Morgan fingerprint density at radius 3 is 2.48 bits per heavy atom. The Morgan fingerprint density at radius 2 is 1.81 bits per heavy atom. The molecule has 0 radical (unpaired) electrons. The third kappa shape index (κ3) is 2.80. The third-order valence-corrected chi connectivity index (χ3v) is 5.67. The molecule has 27 heavy (non-hydrogen) atoms. The van der Waals surface area contributed by atoms with Crippen LogP contribution in [0.3, 0.4) is 0 Å². The highest BCUT2D eigenvalue weighted by Crippen LogP contribution is 2.47. The number of aromatic carboxylic acids is 1. The molecule has 1 N–H and O–H groups in total. The second kappa shape index (κ2) is 6.59. The average molecular weight is 384 g/mol. The van der Waals surface area contributed by atoms with E-state index in [1.165, 1.54) is 6.26 Å². The SMILES string of the molecule is CC1Oc2c(ccc(C(c3ccccc3)[SH](=O)=O)c2C(=O)O)-c2ccoc21. The smallest absolute Gasteiger partial charge is 0.339 e. The topological polar surface area (TPSA) is 93.8 Å². The minimum Gasteiger partial charge on any atom is -0.481 e. The summed E-state index contributed by atoms with van der Waals surface area (Å²) in [5, 5.41) is 8.80. The van der Waals surface area contributed by atoms with Crippen LogP contribution < -0.4 is 4.74 Å². The molecule has 0 aliphatic carbocycles. The van der Waals surface area contributed by atoms with Gasteiger partial charge in [0.1, 0.15) is 16.6 Å². The zero-order valence-electron chi connectivity index (χ0n) is 14.3. The minimum atomic E-state index is -2.96. The van der Waals surface area contributed by atoms with E-state index in [0.29, 0.717) is 16.9 Å². The number of benzene rings is 2. The first-order valence-corrected chi connectivity index (χ1v) is 9.56. The summed E-state index contributed by atoms with van der Waals surface area (Å²) in [6.45, 7) is 1.76. The fourth-order valence-corrected chi connectivity index (χ4v) is 4.38. The fraction of sp³-hybridized carbons (Fsp3) is 0.150. The molecule has 2 atom stereocenters. The molecule has 0 fully saturated rings. The van der Waals surface area contributed by atoms with E-state index in [9.17, 15) is 18.3 Å². The maximum Gasteiger partial charge on any atom is 0.339 e. The van der Waals surface area contributed by atoms with Crippen LogP contribution in [0.2, 0.25) is 0 Å². The van der Waals surface area contributed by atoms with Crippen LogP contribution in [-0.2, 0) is 10.7 Å². The molecule has 0 spiro atoms. The largest absolute Gasteiger partial charge is 0.481 e. The van der Waals surface area contributed by atoms with Crippen molar-refractivity contribution in [2.45, 2.75) is 18.3 Å². The van der Waals surface area contributed by atoms with E-state index in [2.05, 4.69) is 0 Å². The maximum absolute atomic E-state index is 12.1. The number of thiol groups is 1. The Kier molecular flexibility index (Phi) is 4.24. The Balaban J connectivity index is 1.99. The van der Waals surface area contributed by atoms with Crippen molar-refractivity contribution in [2.24, 2.45) is 0 Å². The van der Waals surface area contributed by atoms with Crippen LogP contribution in [0.25, 0.3) is 11.1 Å². The highest BCUT2D eigenvalue weighted by molar-refractivity contribution is 7.73. The predicted octanol–water partition coefficient (Wildman–Crippen LogP) is 3.80. The van der Waals surface area contributed by atoms with Crippen LogP contribution >= 0.6 is 0 Å².